The van der Waals surface area contributed by atoms with E-state index >= 15 is 0 Å². The fourth-order valence-corrected chi connectivity index (χ4v) is 4.18. The Bertz CT molecular complexity index is 690. The molecule has 0 aromatic heterocycles. The maximum Gasteiger partial charge on any atom is 0.410 e. The van der Waals surface area contributed by atoms with Gasteiger partial charge in [-0.1, -0.05) is 6.92 Å². The Labute approximate surface area is 182 Å². The second-order valence-electron chi connectivity index (χ2n) is 9.27. The third-order valence-corrected chi connectivity index (χ3v) is 7.11. The number of rotatable bonds is 8. The molecule has 0 aromatic rings. The molecule has 8 nitrogen and oxygen atoms in total. The van der Waals surface area contributed by atoms with Gasteiger partial charge in [0.15, 0.2) is 15.8 Å². The number of hydrogen-bond donors (Lipinski definition) is 1. The molecular formula is C21H40N4O4S. The van der Waals surface area contributed by atoms with E-state index in [0.29, 0.717) is 5.92 Å². The van der Waals surface area contributed by atoms with E-state index in [1.807, 2.05) is 32.6 Å². The minimum atomic E-state index is -3.02. The molecule has 0 aromatic carbocycles. The molecule has 9 heteroatoms. The van der Waals surface area contributed by atoms with Gasteiger partial charge in [0.05, 0.1) is 12.3 Å². The maximum atomic E-state index is 12.8. The average Bonchev–Trinajstić information content (AvgIpc) is 3.48. The number of ether oxygens (including phenoxy) is 1. The number of nitrogens with one attached hydrogen (secondary N) is 1. The summed E-state index contributed by atoms with van der Waals surface area (Å²) in [6.45, 7) is 12.7. The van der Waals surface area contributed by atoms with Crippen LogP contribution >= 0.6 is 0 Å². The summed E-state index contributed by atoms with van der Waals surface area (Å²) in [4.78, 5) is 21.4. The van der Waals surface area contributed by atoms with Crippen molar-refractivity contribution < 1.29 is 17.9 Å². The van der Waals surface area contributed by atoms with Gasteiger partial charge in [0, 0.05) is 38.0 Å². The van der Waals surface area contributed by atoms with Gasteiger partial charge in [-0.05, 0) is 59.3 Å². The van der Waals surface area contributed by atoms with E-state index in [-0.39, 0.29) is 30.2 Å². The standard InChI is InChI=1S/C21H40N4O4S/c1-6-22-19(23-12-15-30(27,28)7-2)24-13-10-18(11-14-24)25(16-17-8-9-17)20(26)29-21(3,4)5/h17-18H,6-16H2,1-5H3,(H,22,23). The number of carbonyl (C=O) groups excluding carboxylic acids is 1. The molecule has 2 fully saturated rings. The predicted molar refractivity (Wildman–Crippen MR) is 121 cm³/mol. The zero-order valence-electron chi connectivity index (χ0n) is 19.3. The van der Waals surface area contributed by atoms with Gasteiger partial charge in [0.2, 0.25) is 0 Å². The van der Waals surface area contributed by atoms with E-state index in [4.69, 9.17) is 4.74 Å². The summed E-state index contributed by atoms with van der Waals surface area (Å²) >= 11 is 0. The molecule has 2 rings (SSSR count). The van der Waals surface area contributed by atoms with Crippen LogP contribution in [0.2, 0.25) is 0 Å². The van der Waals surface area contributed by atoms with Gasteiger partial charge in [0.1, 0.15) is 5.60 Å². The molecule has 1 aliphatic heterocycles. The van der Waals surface area contributed by atoms with Crippen molar-refractivity contribution in [1.82, 2.24) is 15.1 Å². The highest BCUT2D eigenvalue weighted by Crippen LogP contribution is 2.32. The summed E-state index contributed by atoms with van der Waals surface area (Å²) < 4.78 is 29.1. The minimum absolute atomic E-state index is 0.0721. The third-order valence-electron chi connectivity index (χ3n) is 5.42. The van der Waals surface area contributed by atoms with E-state index in [9.17, 15) is 13.2 Å². The first-order valence-electron chi connectivity index (χ1n) is 11.3. The number of sulfone groups is 1. The van der Waals surface area contributed by atoms with Crippen molar-refractivity contribution in [3.8, 4) is 0 Å². The Morgan fingerprint density at radius 1 is 1.17 bits per heavy atom. The quantitative estimate of drug-likeness (QED) is 0.457. The van der Waals surface area contributed by atoms with Crippen LogP contribution in [0.25, 0.3) is 0 Å². The minimum Gasteiger partial charge on any atom is -0.444 e. The van der Waals surface area contributed by atoms with Gasteiger partial charge in [-0.2, -0.15) is 0 Å². The Balaban J connectivity index is 1.97. The SMILES string of the molecule is CCNC(=NCCS(=O)(=O)CC)N1CCC(N(CC2CC2)C(=O)OC(C)(C)C)CC1. The molecule has 0 radical (unpaired) electrons. The summed E-state index contributed by atoms with van der Waals surface area (Å²) in [6, 6.07) is 0.167. The zero-order chi connectivity index (χ0) is 22.4. The summed E-state index contributed by atoms with van der Waals surface area (Å²) in [6.07, 6.45) is 3.87. The van der Waals surface area contributed by atoms with Gasteiger partial charge in [0.25, 0.3) is 0 Å². The topological polar surface area (TPSA) is 91.3 Å². The van der Waals surface area contributed by atoms with Crippen molar-refractivity contribution in [2.45, 2.75) is 71.9 Å². The summed E-state index contributed by atoms with van der Waals surface area (Å²) in [7, 11) is -3.02. The molecule has 30 heavy (non-hydrogen) atoms. The fourth-order valence-electron chi connectivity index (χ4n) is 3.52. The van der Waals surface area contributed by atoms with Gasteiger partial charge in [-0.15, -0.1) is 0 Å². The Hall–Kier alpha value is -1.51. The van der Waals surface area contributed by atoms with Gasteiger partial charge in [-0.25, -0.2) is 13.2 Å². The molecule has 1 saturated heterocycles. The highest BCUT2D eigenvalue weighted by atomic mass is 32.2. The second-order valence-corrected chi connectivity index (χ2v) is 11.7. The van der Waals surface area contributed by atoms with Crippen molar-refractivity contribution in [1.29, 1.82) is 0 Å². The molecule has 0 spiro atoms. The van der Waals surface area contributed by atoms with Crippen molar-refractivity contribution in [3.63, 3.8) is 0 Å². The van der Waals surface area contributed by atoms with E-state index < -0.39 is 15.4 Å². The normalized spacial score (nSPS) is 19.0. The van der Waals surface area contributed by atoms with Gasteiger partial charge in [-0.3, -0.25) is 4.99 Å². The largest absolute Gasteiger partial charge is 0.444 e. The van der Waals surface area contributed by atoms with Crippen LogP contribution in [-0.2, 0) is 14.6 Å². The number of guanidine groups is 1. The lowest BCUT2D eigenvalue weighted by Crippen LogP contribution is -2.52. The van der Waals surface area contributed by atoms with Gasteiger partial charge < -0.3 is 19.9 Å². The molecule has 174 valence electrons. The summed E-state index contributed by atoms with van der Waals surface area (Å²) in [5, 5.41) is 3.27. The summed E-state index contributed by atoms with van der Waals surface area (Å²) in [5.74, 6) is 1.58. The number of piperidine rings is 1. The highest BCUT2D eigenvalue weighted by Gasteiger charge is 2.35. The van der Waals surface area contributed by atoms with Crippen molar-refractivity contribution in [2.75, 3.05) is 44.2 Å². The molecule has 0 bridgehead atoms. The molecule has 1 amide bonds. The summed E-state index contributed by atoms with van der Waals surface area (Å²) in [5.41, 5.74) is -0.497. The molecule has 2 aliphatic rings. The number of carbonyl (C=O) groups is 1. The molecule has 1 N–H and O–H groups in total. The third kappa shape index (κ3) is 8.32. The first-order chi connectivity index (χ1) is 14.0. The highest BCUT2D eigenvalue weighted by molar-refractivity contribution is 7.91. The molecule has 0 atom stereocenters. The number of amides is 1. The van der Waals surface area contributed by atoms with Crippen LogP contribution in [-0.4, -0.2) is 86.1 Å². The fraction of sp³-hybridized carbons (Fsp3) is 0.905. The lowest BCUT2D eigenvalue weighted by Gasteiger charge is -2.40. The van der Waals surface area contributed by atoms with Crippen molar-refractivity contribution in [3.05, 3.63) is 0 Å². The van der Waals surface area contributed by atoms with E-state index in [1.165, 1.54) is 12.8 Å². The van der Waals surface area contributed by atoms with E-state index in [0.717, 1.165) is 45.0 Å². The van der Waals surface area contributed by atoms with Crippen LogP contribution in [0.3, 0.4) is 0 Å². The lowest BCUT2D eigenvalue weighted by molar-refractivity contribution is 0.00928. The molecule has 1 saturated carbocycles. The van der Waals surface area contributed by atoms with Crippen LogP contribution in [0.15, 0.2) is 4.99 Å². The zero-order valence-corrected chi connectivity index (χ0v) is 20.1. The number of aliphatic imine (C=N–C) groups is 1. The molecular weight excluding hydrogens is 404 g/mol. The first kappa shape index (κ1) is 24.8. The Kier molecular flexibility index (Phi) is 8.82. The molecule has 1 aliphatic carbocycles. The van der Waals surface area contributed by atoms with Crippen LogP contribution in [0.5, 0.6) is 0 Å². The van der Waals surface area contributed by atoms with Crippen molar-refractivity contribution in [2.24, 2.45) is 10.9 Å². The average molecular weight is 445 g/mol. The number of nitrogens with zero attached hydrogens (tertiary/aromatic N) is 3. The van der Waals surface area contributed by atoms with E-state index in [2.05, 4.69) is 15.2 Å². The first-order valence-corrected chi connectivity index (χ1v) is 13.1. The van der Waals surface area contributed by atoms with Crippen molar-refractivity contribution >= 4 is 21.9 Å². The lowest BCUT2D eigenvalue weighted by atomic mass is 10.0. The molecule has 0 unspecified atom stereocenters. The van der Waals surface area contributed by atoms with Crippen LogP contribution < -0.4 is 5.32 Å². The van der Waals surface area contributed by atoms with E-state index in [1.54, 1.807) is 6.92 Å². The number of hydrogen-bond acceptors (Lipinski definition) is 5. The Morgan fingerprint density at radius 2 is 1.80 bits per heavy atom. The van der Waals surface area contributed by atoms with Crippen LogP contribution in [0.1, 0.15) is 60.3 Å². The van der Waals surface area contributed by atoms with Crippen LogP contribution in [0, 0.1) is 5.92 Å². The maximum absolute atomic E-state index is 12.8. The molecule has 1 heterocycles. The van der Waals surface area contributed by atoms with Gasteiger partial charge >= 0.3 is 6.09 Å². The second kappa shape index (κ2) is 10.7. The Morgan fingerprint density at radius 3 is 2.30 bits per heavy atom. The monoisotopic (exact) mass is 444 g/mol. The number of likely N-dealkylation sites (tertiary alicyclic amines) is 1. The predicted octanol–water partition coefficient (Wildman–Crippen LogP) is 2.50. The smallest absolute Gasteiger partial charge is 0.410 e. The van der Waals surface area contributed by atoms with Crippen LogP contribution in [0.4, 0.5) is 4.79 Å².